The average Bonchev–Trinajstić information content (AvgIpc) is 2.87. The molecule has 136 valence electrons. The van der Waals surface area contributed by atoms with Gasteiger partial charge in [0.05, 0.1) is 13.6 Å². The fourth-order valence-electron chi connectivity index (χ4n) is 2.87. The lowest BCUT2D eigenvalue weighted by molar-refractivity contribution is -0.676. The highest BCUT2D eigenvalue weighted by Crippen LogP contribution is 2.20. The highest BCUT2D eigenvalue weighted by molar-refractivity contribution is 9.10. The standard InChI is InChI=1S/C16H17BrClN7O/c1-3-25-9-5-4-8(17)6-10(9)24(2)11(25)7-21-16(26)12-14(19)23-15(20)13(18)22-12/h4-6H,3,7H2,1-2H3,(H4-,19,20,21,23,26)/p+1. The summed E-state index contributed by atoms with van der Waals surface area (Å²) >= 11 is 9.33. The molecule has 0 saturated carbocycles. The lowest BCUT2D eigenvalue weighted by Gasteiger charge is -2.07. The summed E-state index contributed by atoms with van der Waals surface area (Å²) in [5.74, 6) is 0.394. The van der Waals surface area contributed by atoms with E-state index in [-0.39, 0.29) is 22.5 Å². The van der Waals surface area contributed by atoms with Crippen LogP contribution in [0.2, 0.25) is 5.15 Å². The summed E-state index contributed by atoms with van der Waals surface area (Å²) in [6, 6.07) is 6.07. The predicted octanol–water partition coefficient (Wildman–Crippen LogP) is 1.79. The van der Waals surface area contributed by atoms with Crippen molar-refractivity contribution in [3.05, 3.63) is 39.3 Å². The van der Waals surface area contributed by atoms with E-state index in [4.69, 9.17) is 23.1 Å². The molecule has 0 aliphatic heterocycles. The summed E-state index contributed by atoms with van der Waals surface area (Å²) in [5, 5.41) is 2.77. The molecule has 0 saturated heterocycles. The van der Waals surface area contributed by atoms with Gasteiger partial charge in [-0.05, 0) is 19.1 Å². The van der Waals surface area contributed by atoms with Crippen LogP contribution in [0.1, 0.15) is 23.2 Å². The first-order chi connectivity index (χ1) is 12.3. The van der Waals surface area contributed by atoms with Gasteiger partial charge in [-0.15, -0.1) is 0 Å². The van der Waals surface area contributed by atoms with E-state index in [9.17, 15) is 4.79 Å². The second kappa shape index (κ2) is 7.08. The van der Waals surface area contributed by atoms with Gasteiger partial charge in [0, 0.05) is 10.5 Å². The smallest absolute Gasteiger partial charge is 0.276 e. The summed E-state index contributed by atoms with van der Waals surface area (Å²) in [5.41, 5.74) is 13.4. The topological polar surface area (TPSA) is 116 Å². The fraction of sp³-hybridized carbons (Fsp3) is 0.250. The van der Waals surface area contributed by atoms with E-state index in [1.165, 1.54) is 0 Å². The third-order valence-electron chi connectivity index (χ3n) is 4.13. The van der Waals surface area contributed by atoms with E-state index in [2.05, 4.69) is 42.7 Å². The summed E-state index contributed by atoms with van der Waals surface area (Å²) in [7, 11) is 1.96. The Bertz CT molecular complexity index is 1020. The maximum absolute atomic E-state index is 12.5. The SMILES string of the molecule is CC[n+]1c(CNC(=O)c2nc(Cl)c(N)nc2N)n(C)c2cc(Br)ccc21. The Hall–Kier alpha value is -2.39. The number of aromatic nitrogens is 4. The molecule has 3 aromatic rings. The largest absolute Gasteiger partial charge is 0.382 e. The van der Waals surface area contributed by atoms with Crippen LogP contribution in [0.15, 0.2) is 22.7 Å². The third-order valence-corrected chi connectivity index (χ3v) is 4.90. The molecule has 0 atom stereocenters. The number of hydrogen-bond donors (Lipinski definition) is 3. The molecule has 2 heterocycles. The molecule has 0 aliphatic rings. The number of nitrogens with two attached hydrogens (primary N) is 2. The number of anilines is 2. The lowest BCUT2D eigenvalue weighted by Crippen LogP contribution is -2.40. The van der Waals surface area contributed by atoms with Gasteiger partial charge < -0.3 is 16.8 Å². The van der Waals surface area contributed by atoms with Gasteiger partial charge in [0.2, 0.25) is 0 Å². The van der Waals surface area contributed by atoms with Crippen LogP contribution < -0.4 is 21.4 Å². The van der Waals surface area contributed by atoms with Crippen molar-refractivity contribution in [1.82, 2.24) is 19.9 Å². The van der Waals surface area contributed by atoms with Gasteiger partial charge in [-0.3, -0.25) is 4.79 Å². The van der Waals surface area contributed by atoms with Crippen molar-refractivity contribution in [1.29, 1.82) is 0 Å². The molecule has 0 aliphatic carbocycles. The van der Waals surface area contributed by atoms with Gasteiger partial charge in [0.15, 0.2) is 33.5 Å². The molecular formula is C16H18BrClN7O+. The minimum Gasteiger partial charge on any atom is -0.382 e. The molecule has 10 heteroatoms. The number of aryl methyl sites for hydroxylation is 2. The lowest BCUT2D eigenvalue weighted by atomic mass is 10.3. The van der Waals surface area contributed by atoms with Crippen molar-refractivity contribution in [3.63, 3.8) is 0 Å². The van der Waals surface area contributed by atoms with Crippen molar-refractivity contribution in [2.45, 2.75) is 20.0 Å². The van der Waals surface area contributed by atoms with E-state index in [0.717, 1.165) is 27.9 Å². The number of carbonyl (C=O) groups excluding carboxylic acids is 1. The van der Waals surface area contributed by atoms with Gasteiger partial charge in [-0.1, -0.05) is 27.5 Å². The normalized spacial score (nSPS) is 11.1. The quantitative estimate of drug-likeness (QED) is 0.536. The molecule has 2 aromatic heterocycles. The monoisotopic (exact) mass is 438 g/mol. The first-order valence-corrected chi connectivity index (χ1v) is 9.03. The zero-order valence-corrected chi connectivity index (χ0v) is 16.6. The zero-order chi connectivity index (χ0) is 19.0. The van der Waals surface area contributed by atoms with Gasteiger partial charge >= 0.3 is 0 Å². The number of imidazole rings is 1. The molecule has 0 unspecified atom stereocenters. The number of nitrogens with zero attached hydrogens (tertiary/aromatic N) is 4. The van der Waals surface area contributed by atoms with Gasteiger partial charge in [-0.25, -0.2) is 19.1 Å². The molecule has 1 aromatic carbocycles. The number of fused-ring (bicyclic) bond motifs is 1. The van der Waals surface area contributed by atoms with Gasteiger partial charge in [0.1, 0.15) is 6.54 Å². The summed E-state index contributed by atoms with van der Waals surface area (Å²) in [6.45, 7) is 3.11. The van der Waals surface area contributed by atoms with Crippen LogP contribution >= 0.6 is 27.5 Å². The maximum Gasteiger partial charge on any atom is 0.276 e. The molecule has 3 rings (SSSR count). The van der Waals surface area contributed by atoms with Gasteiger partial charge in [-0.2, -0.15) is 0 Å². The van der Waals surface area contributed by atoms with E-state index < -0.39 is 5.91 Å². The van der Waals surface area contributed by atoms with Crippen molar-refractivity contribution < 1.29 is 9.36 Å². The number of rotatable bonds is 4. The highest BCUT2D eigenvalue weighted by atomic mass is 79.9. The predicted molar refractivity (Wildman–Crippen MR) is 104 cm³/mol. The van der Waals surface area contributed by atoms with Crippen LogP contribution in [0, 0.1) is 0 Å². The summed E-state index contributed by atoms with van der Waals surface area (Å²) < 4.78 is 5.16. The van der Waals surface area contributed by atoms with E-state index in [0.29, 0.717) is 6.54 Å². The zero-order valence-electron chi connectivity index (χ0n) is 14.3. The number of halogens is 2. The number of amides is 1. The first-order valence-electron chi connectivity index (χ1n) is 7.86. The van der Waals surface area contributed by atoms with Crippen LogP contribution in [0.25, 0.3) is 11.0 Å². The number of benzene rings is 1. The summed E-state index contributed by atoms with van der Waals surface area (Å²) in [6.07, 6.45) is 0. The molecule has 0 fully saturated rings. The number of carbonyl (C=O) groups is 1. The van der Waals surface area contributed by atoms with Crippen molar-refractivity contribution in [2.75, 3.05) is 11.5 Å². The molecule has 1 amide bonds. The second-order valence-electron chi connectivity index (χ2n) is 5.67. The molecule has 0 spiro atoms. The Labute approximate surface area is 163 Å². The van der Waals surface area contributed by atoms with E-state index >= 15 is 0 Å². The molecule has 0 bridgehead atoms. The van der Waals surface area contributed by atoms with E-state index in [1.807, 2.05) is 29.8 Å². The molecule has 8 nitrogen and oxygen atoms in total. The number of nitrogen functional groups attached to an aromatic ring is 2. The van der Waals surface area contributed by atoms with Crippen LogP contribution in [0.5, 0.6) is 0 Å². The second-order valence-corrected chi connectivity index (χ2v) is 6.94. The Morgan fingerprint density at radius 1 is 1.35 bits per heavy atom. The molecular weight excluding hydrogens is 422 g/mol. The van der Waals surface area contributed by atoms with Crippen LogP contribution in [-0.4, -0.2) is 20.4 Å². The average molecular weight is 440 g/mol. The highest BCUT2D eigenvalue weighted by Gasteiger charge is 2.23. The molecule has 26 heavy (non-hydrogen) atoms. The van der Waals surface area contributed by atoms with Crippen molar-refractivity contribution in [3.8, 4) is 0 Å². The van der Waals surface area contributed by atoms with Crippen molar-refractivity contribution >= 4 is 56.1 Å². The Balaban J connectivity index is 1.91. The minimum absolute atomic E-state index is 0.0104. The molecule has 5 N–H and O–H groups in total. The Morgan fingerprint density at radius 2 is 2.08 bits per heavy atom. The maximum atomic E-state index is 12.5. The van der Waals surface area contributed by atoms with Crippen molar-refractivity contribution in [2.24, 2.45) is 7.05 Å². The van der Waals surface area contributed by atoms with Crippen LogP contribution in [-0.2, 0) is 20.1 Å². The Morgan fingerprint density at radius 3 is 2.77 bits per heavy atom. The van der Waals surface area contributed by atoms with Crippen LogP contribution in [0.3, 0.4) is 0 Å². The number of hydrogen-bond acceptors (Lipinski definition) is 5. The summed E-state index contributed by atoms with van der Waals surface area (Å²) in [4.78, 5) is 20.2. The third kappa shape index (κ3) is 3.19. The minimum atomic E-state index is -0.467. The van der Waals surface area contributed by atoms with Gasteiger partial charge in [0.25, 0.3) is 11.7 Å². The fourth-order valence-corrected chi connectivity index (χ4v) is 3.35. The van der Waals surface area contributed by atoms with E-state index in [1.54, 1.807) is 0 Å². The number of nitrogens with one attached hydrogen (secondary N) is 1. The molecule has 0 radical (unpaired) electrons. The first kappa shape index (κ1) is 18.4. The van der Waals surface area contributed by atoms with Crippen LogP contribution in [0.4, 0.5) is 11.6 Å². The Kier molecular flexibility index (Phi) is 5.01.